The summed E-state index contributed by atoms with van der Waals surface area (Å²) in [6, 6.07) is 22.9. The molecule has 3 aromatic carbocycles. The standard InChI is InChI=1S/C31H24F3N3O2/c32-31(33,34)27-8-4-7-26-29(24(19-37-30(26)27)13-20-5-2-1-3-6-20)23-14-22(16-35-18-23)17-36-25-11-9-21(10-12-25)15-28(38)39/h1-12,14,16,18-19,36H,13,15,17H2,(H,38,39). The van der Waals surface area contributed by atoms with E-state index < -0.39 is 17.7 Å². The average molecular weight is 528 g/mol. The number of hydrogen-bond donors (Lipinski definition) is 2. The molecule has 39 heavy (non-hydrogen) atoms. The minimum absolute atomic E-state index is 0.0481. The number of nitrogens with zero attached hydrogens (tertiary/aromatic N) is 2. The van der Waals surface area contributed by atoms with Gasteiger partial charge in [0, 0.05) is 41.8 Å². The third-order valence-corrected chi connectivity index (χ3v) is 6.41. The maximum atomic E-state index is 13.8. The van der Waals surface area contributed by atoms with Gasteiger partial charge in [-0.3, -0.25) is 14.8 Å². The summed E-state index contributed by atoms with van der Waals surface area (Å²) in [5.74, 6) is -0.892. The molecule has 0 bridgehead atoms. The van der Waals surface area contributed by atoms with Crippen molar-refractivity contribution in [3.63, 3.8) is 0 Å². The first kappa shape index (κ1) is 25.9. The van der Waals surface area contributed by atoms with Crippen molar-refractivity contribution in [2.45, 2.75) is 25.6 Å². The van der Waals surface area contributed by atoms with Crippen LogP contribution in [0.1, 0.15) is 27.8 Å². The van der Waals surface area contributed by atoms with Gasteiger partial charge in [-0.2, -0.15) is 13.2 Å². The molecule has 5 nitrogen and oxygen atoms in total. The second kappa shape index (κ2) is 10.9. The van der Waals surface area contributed by atoms with Crippen LogP contribution < -0.4 is 5.32 Å². The largest absolute Gasteiger partial charge is 0.481 e. The van der Waals surface area contributed by atoms with E-state index in [1.165, 1.54) is 12.3 Å². The lowest BCUT2D eigenvalue weighted by Crippen LogP contribution is -2.07. The van der Waals surface area contributed by atoms with Crippen LogP contribution in [0.3, 0.4) is 0 Å². The van der Waals surface area contributed by atoms with E-state index in [1.807, 2.05) is 48.5 Å². The Kier molecular flexibility index (Phi) is 7.27. The fourth-order valence-corrected chi connectivity index (χ4v) is 4.62. The van der Waals surface area contributed by atoms with E-state index >= 15 is 0 Å². The van der Waals surface area contributed by atoms with Crippen LogP contribution in [-0.2, 0) is 30.4 Å². The number of fused-ring (bicyclic) bond motifs is 1. The number of carboxylic acid groups (broad SMARTS) is 1. The lowest BCUT2D eigenvalue weighted by Gasteiger charge is -2.17. The van der Waals surface area contributed by atoms with E-state index in [1.54, 1.807) is 30.6 Å². The normalized spacial score (nSPS) is 11.5. The smallest absolute Gasteiger partial charge is 0.418 e. The highest BCUT2D eigenvalue weighted by atomic mass is 19.4. The molecule has 5 aromatic rings. The summed E-state index contributed by atoms with van der Waals surface area (Å²) in [6.45, 7) is 0.421. The molecular weight excluding hydrogens is 503 g/mol. The van der Waals surface area contributed by atoms with Crippen molar-refractivity contribution in [3.05, 3.63) is 125 Å². The van der Waals surface area contributed by atoms with Gasteiger partial charge in [-0.15, -0.1) is 0 Å². The number of anilines is 1. The highest BCUT2D eigenvalue weighted by Gasteiger charge is 2.33. The van der Waals surface area contributed by atoms with Gasteiger partial charge in [0.15, 0.2) is 0 Å². The van der Waals surface area contributed by atoms with Gasteiger partial charge in [-0.05, 0) is 58.5 Å². The second-order valence-corrected chi connectivity index (χ2v) is 9.22. The SMILES string of the molecule is O=C(O)Cc1ccc(NCc2cncc(-c3c(Cc4ccccc4)cnc4c(C(F)(F)F)cccc34)c2)cc1. The number of benzene rings is 3. The minimum atomic E-state index is -4.53. The van der Waals surface area contributed by atoms with Crippen LogP contribution in [0.4, 0.5) is 18.9 Å². The summed E-state index contributed by atoms with van der Waals surface area (Å²) in [5.41, 5.74) is 4.66. The van der Waals surface area contributed by atoms with Gasteiger partial charge in [0.25, 0.3) is 0 Å². The second-order valence-electron chi connectivity index (χ2n) is 9.22. The predicted molar refractivity (Wildman–Crippen MR) is 144 cm³/mol. The number of hydrogen-bond acceptors (Lipinski definition) is 4. The zero-order valence-electron chi connectivity index (χ0n) is 20.7. The van der Waals surface area contributed by atoms with Gasteiger partial charge in [0.2, 0.25) is 0 Å². The number of carbonyl (C=O) groups is 1. The Morgan fingerprint density at radius 1 is 0.846 bits per heavy atom. The van der Waals surface area contributed by atoms with E-state index in [0.717, 1.165) is 28.4 Å². The summed E-state index contributed by atoms with van der Waals surface area (Å²) >= 11 is 0. The van der Waals surface area contributed by atoms with E-state index in [9.17, 15) is 18.0 Å². The predicted octanol–water partition coefficient (Wildman–Crippen LogP) is 7.15. The highest BCUT2D eigenvalue weighted by molar-refractivity contribution is 5.97. The Labute approximate surface area is 223 Å². The number of carboxylic acids is 1. The Balaban J connectivity index is 1.52. The van der Waals surface area contributed by atoms with Crippen LogP contribution in [0, 0.1) is 0 Å². The van der Waals surface area contributed by atoms with Gasteiger partial charge in [-0.1, -0.05) is 54.6 Å². The van der Waals surface area contributed by atoms with Crippen molar-refractivity contribution in [2.24, 2.45) is 0 Å². The molecule has 0 fully saturated rings. The van der Waals surface area contributed by atoms with Crippen LogP contribution in [0.5, 0.6) is 0 Å². The molecule has 5 rings (SSSR count). The lowest BCUT2D eigenvalue weighted by atomic mass is 9.92. The number of aromatic nitrogens is 2. The number of pyridine rings is 2. The first-order chi connectivity index (χ1) is 18.8. The van der Waals surface area contributed by atoms with Crippen molar-refractivity contribution >= 4 is 22.6 Å². The summed E-state index contributed by atoms with van der Waals surface area (Å²) in [4.78, 5) is 19.6. The van der Waals surface area contributed by atoms with Crippen molar-refractivity contribution in [1.29, 1.82) is 0 Å². The molecular formula is C31H24F3N3O2. The van der Waals surface area contributed by atoms with Crippen molar-refractivity contribution < 1.29 is 23.1 Å². The molecule has 0 atom stereocenters. The maximum absolute atomic E-state index is 13.8. The minimum Gasteiger partial charge on any atom is -0.481 e. The average Bonchev–Trinajstić information content (AvgIpc) is 2.92. The van der Waals surface area contributed by atoms with Crippen LogP contribution in [0.15, 0.2) is 97.5 Å². The number of halogens is 3. The Morgan fingerprint density at radius 3 is 2.33 bits per heavy atom. The third kappa shape index (κ3) is 6.06. The molecule has 196 valence electrons. The summed E-state index contributed by atoms with van der Waals surface area (Å²) < 4.78 is 41.5. The van der Waals surface area contributed by atoms with E-state index in [2.05, 4.69) is 15.3 Å². The third-order valence-electron chi connectivity index (χ3n) is 6.41. The fraction of sp³-hybridized carbons (Fsp3) is 0.129. The quantitative estimate of drug-likeness (QED) is 0.224. The molecule has 2 aromatic heterocycles. The molecule has 0 saturated carbocycles. The maximum Gasteiger partial charge on any atom is 0.418 e. The van der Waals surface area contributed by atoms with Crippen molar-refractivity contribution in [2.75, 3.05) is 5.32 Å². The van der Waals surface area contributed by atoms with Crippen LogP contribution >= 0.6 is 0 Å². The van der Waals surface area contributed by atoms with E-state index in [4.69, 9.17) is 5.11 Å². The summed E-state index contributed by atoms with van der Waals surface area (Å²) in [5, 5.41) is 12.7. The van der Waals surface area contributed by atoms with Gasteiger partial charge < -0.3 is 10.4 Å². The Morgan fingerprint density at radius 2 is 1.62 bits per heavy atom. The van der Waals surface area contributed by atoms with Crippen LogP contribution in [0.25, 0.3) is 22.0 Å². The zero-order chi connectivity index (χ0) is 27.4. The summed E-state index contributed by atoms with van der Waals surface area (Å²) in [7, 11) is 0. The topological polar surface area (TPSA) is 75.1 Å². The van der Waals surface area contributed by atoms with Crippen LogP contribution in [-0.4, -0.2) is 21.0 Å². The molecule has 0 radical (unpaired) electrons. The molecule has 2 N–H and O–H groups in total. The fourth-order valence-electron chi connectivity index (χ4n) is 4.62. The van der Waals surface area contributed by atoms with Crippen LogP contribution in [0.2, 0.25) is 0 Å². The molecule has 0 amide bonds. The molecule has 0 spiro atoms. The van der Waals surface area contributed by atoms with Gasteiger partial charge in [0.05, 0.1) is 17.5 Å². The Hall–Kier alpha value is -4.72. The first-order valence-corrected chi connectivity index (χ1v) is 12.3. The van der Waals surface area contributed by atoms with Crippen molar-refractivity contribution in [1.82, 2.24) is 9.97 Å². The zero-order valence-corrected chi connectivity index (χ0v) is 20.7. The monoisotopic (exact) mass is 527 g/mol. The lowest BCUT2D eigenvalue weighted by molar-refractivity contribution is -0.137. The molecule has 0 saturated heterocycles. The highest BCUT2D eigenvalue weighted by Crippen LogP contribution is 2.39. The van der Waals surface area contributed by atoms with Gasteiger partial charge in [-0.25, -0.2) is 0 Å². The number of aliphatic carboxylic acids is 1. The molecule has 0 unspecified atom stereocenters. The number of rotatable bonds is 8. The van der Waals surface area contributed by atoms with E-state index in [-0.39, 0.29) is 11.9 Å². The van der Waals surface area contributed by atoms with Crippen molar-refractivity contribution in [3.8, 4) is 11.1 Å². The van der Waals surface area contributed by atoms with Gasteiger partial charge in [0.1, 0.15) is 0 Å². The molecule has 0 aliphatic carbocycles. The van der Waals surface area contributed by atoms with Gasteiger partial charge >= 0.3 is 12.1 Å². The molecule has 2 heterocycles. The molecule has 8 heteroatoms. The number of nitrogens with one attached hydrogen (secondary N) is 1. The first-order valence-electron chi connectivity index (χ1n) is 12.3. The number of para-hydroxylation sites is 1. The van der Waals surface area contributed by atoms with E-state index in [0.29, 0.717) is 35.0 Å². The molecule has 0 aliphatic rings. The Bertz CT molecular complexity index is 1620. The summed E-state index contributed by atoms with van der Waals surface area (Å²) in [6.07, 6.45) is 0.816. The molecule has 0 aliphatic heterocycles. The number of alkyl halides is 3.